The van der Waals surface area contributed by atoms with Crippen LogP contribution >= 0.6 is 22.9 Å². The van der Waals surface area contributed by atoms with Gasteiger partial charge in [-0.2, -0.15) is 0 Å². The summed E-state index contributed by atoms with van der Waals surface area (Å²) in [5.74, 6) is 1.08. The van der Waals surface area contributed by atoms with Crippen LogP contribution in [-0.4, -0.2) is 137 Å². The maximum Gasteiger partial charge on any atom is 0.267 e. The summed E-state index contributed by atoms with van der Waals surface area (Å²) in [6.45, 7) is 11.5. The van der Waals surface area contributed by atoms with Crippen LogP contribution in [0.2, 0.25) is 5.02 Å². The van der Waals surface area contributed by atoms with Crippen LogP contribution in [0.3, 0.4) is 0 Å². The number of rotatable bonds is 15. The number of carbonyl (C=O) groups is 6. The van der Waals surface area contributed by atoms with Crippen LogP contribution in [0.15, 0.2) is 48.7 Å². The lowest BCUT2D eigenvalue weighted by Gasteiger charge is -2.49. The lowest BCUT2D eigenvalue weighted by Crippen LogP contribution is -2.65. The minimum Gasteiger partial charge on any atom is -0.371 e. The first-order chi connectivity index (χ1) is 30.3. The molecular weight excluding hydrogens is 846 g/mol. The molecule has 3 aliphatic rings. The van der Waals surface area contributed by atoms with E-state index in [1.165, 1.54) is 22.4 Å². The Morgan fingerprint density at radius 1 is 0.968 bits per heavy atom. The van der Waals surface area contributed by atoms with Crippen LogP contribution in [0.4, 0.5) is 28.1 Å². The molecule has 19 heteroatoms. The molecule has 5 heterocycles. The van der Waals surface area contributed by atoms with E-state index in [9.17, 15) is 28.8 Å². The molecule has 5 amide bonds. The molecule has 0 spiro atoms. The zero-order valence-corrected chi connectivity index (χ0v) is 37.4. The maximum atomic E-state index is 13.6. The molecule has 3 saturated heterocycles. The second kappa shape index (κ2) is 20.0. The summed E-state index contributed by atoms with van der Waals surface area (Å²) in [6, 6.07) is 12.6. The molecule has 7 rings (SSSR count). The molecule has 4 aromatic rings. The van der Waals surface area contributed by atoms with Gasteiger partial charge in [-0.1, -0.05) is 35.1 Å². The number of anilines is 5. The van der Waals surface area contributed by atoms with Gasteiger partial charge in [-0.05, 0) is 69.9 Å². The van der Waals surface area contributed by atoms with Gasteiger partial charge in [-0.15, -0.1) is 0 Å². The Morgan fingerprint density at radius 3 is 2.41 bits per heavy atom. The smallest absolute Gasteiger partial charge is 0.267 e. The second-order valence-electron chi connectivity index (χ2n) is 16.3. The van der Waals surface area contributed by atoms with E-state index in [4.69, 9.17) is 16.6 Å². The number of nitrogens with zero attached hydrogens (tertiary/aromatic N) is 8. The average molecular weight is 898 g/mol. The number of nitrogens with one attached hydrogen (secondary N) is 3. The van der Waals surface area contributed by atoms with Crippen molar-refractivity contribution < 1.29 is 28.8 Å². The Bertz CT molecular complexity index is 2340. The summed E-state index contributed by atoms with van der Waals surface area (Å²) in [7, 11) is 1.63. The topological polar surface area (TPSA) is 193 Å². The molecule has 3 N–H and O–H groups in total. The van der Waals surface area contributed by atoms with E-state index in [1.807, 2.05) is 49.9 Å². The molecular formula is C44H52ClN11O6S. The summed E-state index contributed by atoms with van der Waals surface area (Å²) in [6.07, 6.45) is 4.35. The molecule has 63 heavy (non-hydrogen) atoms. The van der Waals surface area contributed by atoms with E-state index >= 15 is 0 Å². The van der Waals surface area contributed by atoms with Crippen LogP contribution in [0.1, 0.15) is 74.4 Å². The van der Waals surface area contributed by atoms with Crippen LogP contribution < -0.4 is 25.8 Å². The first-order valence-electron chi connectivity index (χ1n) is 21.1. The van der Waals surface area contributed by atoms with Crippen molar-refractivity contribution in [1.82, 2.24) is 35.0 Å². The third-order valence-corrected chi connectivity index (χ3v) is 13.4. The standard InChI is InChI=1S/C44H52ClN11O6S/c1-27-6-5-7-35(45)40(27)51-41(60)36-22-46-44(63-36)50-37-21-38(49-29(3)48-37)55-18-16-54(17-19-55)33-23-56(24-33)42(61)30-12-14-53(15-13-30)32-10-9-31(25-57)34(20-32)43(62)52(4)28(2)8-11-39(59)47-26-58/h5-7,9-10,20-22,25-26,28,30,33H,8,11-19,23-24H2,1-4H3,(H,51,60)(H,47,58,59)(H,46,48,49,50). The molecule has 3 aliphatic heterocycles. The molecule has 0 aliphatic carbocycles. The van der Waals surface area contributed by atoms with Crippen molar-refractivity contribution in [3.05, 3.63) is 81.1 Å². The number of amides is 5. The van der Waals surface area contributed by atoms with Crippen molar-refractivity contribution >= 4 is 87.4 Å². The number of thiazole rings is 1. The molecule has 0 bridgehead atoms. The van der Waals surface area contributed by atoms with Crippen molar-refractivity contribution in [3.8, 4) is 0 Å². The van der Waals surface area contributed by atoms with Gasteiger partial charge in [0, 0.05) is 101 Å². The van der Waals surface area contributed by atoms with Gasteiger partial charge in [0.2, 0.25) is 18.2 Å². The Hall–Kier alpha value is -5.98. The number of piperidine rings is 1. The molecule has 0 saturated carbocycles. The third kappa shape index (κ3) is 10.6. The molecule has 332 valence electrons. The van der Waals surface area contributed by atoms with Crippen molar-refractivity contribution in [3.63, 3.8) is 0 Å². The van der Waals surface area contributed by atoms with Gasteiger partial charge >= 0.3 is 0 Å². The highest BCUT2D eigenvalue weighted by Gasteiger charge is 2.39. The number of benzene rings is 2. The molecule has 0 radical (unpaired) electrons. The highest BCUT2D eigenvalue weighted by Crippen LogP contribution is 2.31. The molecule has 3 fully saturated rings. The van der Waals surface area contributed by atoms with Crippen molar-refractivity contribution in [1.29, 1.82) is 0 Å². The highest BCUT2D eigenvalue weighted by molar-refractivity contribution is 7.17. The maximum absolute atomic E-state index is 13.6. The van der Waals surface area contributed by atoms with Crippen LogP contribution in [0.5, 0.6) is 0 Å². The molecule has 1 atom stereocenters. The van der Waals surface area contributed by atoms with Crippen LogP contribution in [0, 0.1) is 19.8 Å². The van der Waals surface area contributed by atoms with Crippen molar-refractivity contribution in [2.45, 2.75) is 58.5 Å². The molecule has 17 nitrogen and oxygen atoms in total. The van der Waals surface area contributed by atoms with Crippen molar-refractivity contribution in [2.75, 3.05) is 79.8 Å². The number of aromatic nitrogens is 3. The van der Waals surface area contributed by atoms with E-state index < -0.39 is 5.91 Å². The van der Waals surface area contributed by atoms with Gasteiger partial charge in [-0.3, -0.25) is 39.0 Å². The van der Waals surface area contributed by atoms with E-state index in [0.717, 1.165) is 43.2 Å². The average Bonchev–Trinajstić information content (AvgIpc) is 3.74. The largest absolute Gasteiger partial charge is 0.371 e. The van der Waals surface area contributed by atoms with E-state index in [0.29, 0.717) is 96.5 Å². The number of hydrogen-bond donors (Lipinski definition) is 3. The zero-order chi connectivity index (χ0) is 44.8. The highest BCUT2D eigenvalue weighted by atomic mass is 35.5. The number of halogens is 1. The second-order valence-corrected chi connectivity index (χ2v) is 17.7. The zero-order valence-electron chi connectivity index (χ0n) is 35.8. The number of hydrogen-bond acceptors (Lipinski definition) is 14. The lowest BCUT2D eigenvalue weighted by molar-refractivity contribution is -0.144. The van der Waals surface area contributed by atoms with Crippen LogP contribution in [0.25, 0.3) is 0 Å². The number of carbonyl (C=O) groups excluding carboxylic acids is 6. The fourth-order valence-corrected chi connectivity index (χ4v) is 9.19. The van der Waals surface area contributed by atoms with Gasteiger partial charge in [0.05, 0.1) is 22.5 Å². The summed E-state index contributed by atoms with van der Waals surface area (Å²) in [5, 5.41) is 9.23. The van der Waals surface area contributed by atoms with Gasteiger partial charge in [-0.25, -0.2) is 15.0 Å². The lowest BCUT2D eigenvalue weighted by atomic mass is 9.92. The summed E-state index contributed by atoms with van der Waals surface area (Å²) in [4.78, 5) is 98.7. The van der Waals surface area contributed by atoms with Gasteiger partial charge in [0.15, 0.2) is 11.4 Å². The van der Waals surface area contributed by atoms with Gasteiger partial charge in [0.25, 0.3) is 11.8 Å². The first kappa shape index (κ1) is 45.1. The predicted molar refractivity (Wildman–Crippen MR) is 242 cm³/mol. The SMILES string of the molecule is Cc1nc(Nc2ncc(C(=O)Nc3c(C)cccc3Cl)s2)cc(N2CCN(C3CN(C(=O)C4CCN(c5ccc(C=O)c(C(=O)N(C)C(C)CCC(=O)NC=O)c5)CC4)C3)CC2)n1. The Morgan fingerprint density at radius 2 is 1.71 bits per heavy atom. The summed E-state index contributed by atoms with van der Waals surface area (Å²) >= 11 is 7.52. The van der Waals surface area contributed by atoms with Crippen molar-refractivity contribution in [2.24, 2.45) is 5.92 Å². The van der Waals surface area contributed by atoms with Gasteiger partial charge in [0.1, 0.15) is 22.3 Å². The van der Waals surface area contributed by atoms with E-state index in [2.05, 4.69) is 40.6 Å². The number of piperazine rings is 1. The monoisotopic (exact) mass is 897 g/mol. The third-order valence-electron chi connectivity index (χ3n) is 12.2. The Kier molecular flexibility index (Phi) is 14.3. The first-order valence-corrected chi connectivity index (χ1v) is 22.3. The van der Waals surface area contributed by atoms with Gasteiger partial charge < -0.3 is 30.2 Å². The Balaban J connectivity index is 0.858. The number of aryl methyl sites for hydroxylation is 2. The fraction of sp³-hybridized carbons (Fsp3) is 0.432. The number of para-hydroxylation sites is 1. The predicted octanol–water partition coefficient (Wildman–Crippen LogP) is 4.77. The normalized spacial score (nSPS) is 16.5. The fourth-order valence-electron chi connectivity index (χ4n) is 8.21. The quantitative estimate of drug-likeness (QED) is 0.138. The molecule has 2 aromatic heterocycles. The van der Waals surface area contributed by atoms with E-state index in [-0.39, 0.29) is 47.2 Å². The number of imide groups is 1. The molecule has 1 unspecified atom stereocenters. The number of aldehydes is 1. The minimum atomic E-state index is -0.418. The number of likely N-dealkylation sites (tertiary alicyclic amines) is 1. The Labute approximate surface area is 375 Å². The summed E-state index contributed by atoms with van der Waals surface area (Å²) < 4.78 is 0. The van der Waals surface area contributed by atoms with Crippen LogP contribution in [-0.2, 0) is 14.4 Å². The van der Waals surface area contributed by atoms with E-state index in [1.54, 1.807) is 25.2 Å². The molecule has 2 aromatic carbocycles. The summed E-state index contributed by atoms with van der Waals surface area (Å²) in [5.41, 5.74) is 2.82. The minimum absolute atomic E-state index is 0.0765.